The Bertz CT molecular complexity index is 805. The molecular formula is C21H28BFN2O4. The minimum atomic E-state index is -0.973. The van der Waals surface area contributed by atoms with Gasteiger partial charge in [-0.1, -0.05) is 30.3 Å². The van der Waals surface area contributed by atoms with Crippen molar-refractivity contribution in [3.8, 4) is 0 Å². The molecule has 0 saturated carbocycles. The van der Waals surface area contributed by atoms with Gasteiger partial charge in [-0.3, -0.25) is 0 Å². The van der Waals surface area contributed by atoms with Gasteiger partial charge in [-0.15, -0.1) is 0 Å². The van der Waals surface area contributed by atoms with Gasteiger partial charge in [-0.05, 0) is 45.3 Å². The maximum absolute atomic E-state index is 15.1. The number of benzene rings is 1. The van der Waals surface area contributed by atoms with Gasteiger partial charge < -0.3 is 24.3 Å². The van der Waals surface area contributed by atoms with Gasteiger partial charge in [-0.25, -0.2) is 9.18 Å². The number of carbonyl (C=O) groups is 1. The second-order valence-corrected chi connectivity index (χ2v) is 9.25. The van der Waals surface area contributed by atoms with Gasteiger partial charge >= 0.3 is 13.2 Å². The summed E-state index contributed by atoms with van der Waals surface area (Å²) in [5.74, 6) is 0. The van der Waals surface area contributed by atoms with Gasteiger partial charge in [0, 0.05) is 19.6 Å². The highest BCUT2D eigenvalue weighted by molar-refractivity contribution is 6.53. The topological polar surface area (TPSA) is 60.0 Å². The quantitative estimate of drug-likeness (QED) is 0.787. The van der Waals surface area contributed by atoms with Crippen molar-refractivity contribution >= 4 is 13.2 Å². The van der Waals surface area contributed by atoms with Gasteiger partial charge in [0.1, 0.15) is 12.3 Å². The molecule has 156 valence electrons. The smallest absolute Gasteiger partial charge is 0.445 e. The lowest BCUT2D eigenvalue weighted by molar-refractivity contribution is 0.00578. The van der Waals surface area contributed by atoms with Gasteiger partial charge in [0.15, 0.2) is 0 Å². The second kappa shape index (κ2) is 7.11. The highest BCUT2D eigenvalue weighted by Gasteiger charge is 2.55. The largest absolute Gasteiger partial charge is 0.525 e. The zero-order valence-electron chi connectivity index (χ0n) is 17.5. The summed E-state index contributed by atoms with van der Waals surface area (Å²) in [7, 11) is -0.973. The maximum Gasteiger partial charge on any atom is 0.525 e. The molecule has 3 aliphatic rings. The SMILES string of the molecule is CC1(C)OB(C(F)=C2CNC3(C2)CN(C(=O)OCc2ccccc2)C3)OC1(C)C. The Hall–Kier alpha value is -1.90. The minimum Gasteiger partial charge on any atom is -0.445 e. The molecule has 1 aromatic rings. The monoisotopic (exact) mass is 402 g/mol. The van der Waals surface area contributed by atoms with E-state index in [2.05, 4.69) is 5.32 Å². The lowest BCUT2D eigenvalue weighted by atomic mass is 9.81. The molecule has 29 heavy (non-hydrogen) atoms. The number of amides is 1. The van der Waals surface area contributed by atoms with Gasteiger partial charge in [-0.2, -0.15) is 0 Å². The van der Waals surface area contributed by atoms with Crippen LogP contribution in [0.25, 0.3) is 0 Å². The van der Waals surface area contributed by atoms with Crippen LogP contribution in [0.1, 0.15) is 39.7 Å². The van der Waals surface area contributed by atoms with Crippen LogP contribution in [0.15, 0.2) is 41.6 Å². The third-order valence-electron chi connectivity index (χ3n) is 6.48. The molecule has 0 bridgehead atoms. The van der Waals surface area contributed by atoms with Crippen LogP contribution in [0.2, 0.25) is 0 Å². The van der Waals surface area contributed by atoms with Crippen molar-refractivity contribution in [3.63, 3.8) is 0 Å². The van der Waals surface area contributed by atoms with Crippen LogP contribution >= 0.6 is 0 Å². The molecule has 1 spiro atoms. The third kappa shape index (κ3) is 3.81. The molecule has 3 heterocycles. The molecule has 0 unspecified atom stereocenters. The van der Waals surface area contributed by atoms with Crippen LogP contribution in [0, 0.1) is 0 Å². The Labute approximate surface area is 171 Å². The number of likely N-dealkylation sites (tertiary alicyclic amines) is 1. The van der Waals surface area contributed by atoms with E-state index in [0.29, 0.717) is 31.6 Å². The molecular weight excluding hydrogens is 374 g/mol. The van der Waals surface area contributed by atoms with E-state index in [1.165, 1.54) is 0 Å². The number of ether oxygens (including phenoxy) is 1. The number of nitrogens with one attached hydrogen (secondary N) is 1. The molecule has 0 aliphatic carbocycles. The van der Waals surface area contributed by atoms with Crippen LogP contribution in [-0.2, 0) is 20.7 Å². The number of carbonyl (C=O) groups excluding carboxylic acids is 1. The summed E-state index contributed by atoms with van der Waals surface area (Å²) >= 11 is 0. The van der Waals surface area contributed by atoms with Crippen LogP contribution in [-0.4, -0.2) is 54.5 Å². The molecule has 8 heteroatoms. The first kappa shape index (κ1) is 20.4. The normalized spacial score (nSPS) is 25.8. The van der Waals surface area contributed by atoms with E-state index in [1.807, 2.05) is 58.0 Å². The zero-order valence-corrected chi connectivity index (χ0v) is 17.5. The molecule has 3 fully saturated rings. The fourth-order valence-electron chi connectivity index (χ4n) is 3.96. The Morgan fingerprint density at radius 3 is 2.41 bits per heavy atom. The molecule has 4 rings (SSSR count). The highest BCUT2D eigenvalue weighted by atomic mass is 19.1. The summed E-state index contributed by atoms with van der Waals surface area (Å²) in [6.07, 6.45) is 0.191. The van der Waals surface area contributed by atoms with Crippen LogP contribution < -0.4 is 5.32 Å². The van der Waals surface area contributed by atoms with Crippen LogP contribution in [0.5, 0.6) is 0 Å². The number of hydrogen-bond acceptors (Lipinski definition) is 5. The number of hydrogen-bond donors (Lipinski definition) is 1. The molecule has 0 aromatic heterocycles. The van der Waals surface area contributed by atoms with E-state index < -0.39 is 18.3 Å². The number of halogens is 1. The molecule has 0 atom stereocenters. The predicted molar refractivity (Wildman–Crippen MR) is 108 cm³/mol. The fourth-order valence-corrected chi connectivity index (χ4v) is 3.96. The number of rotatable bonds is 3. The third-order valence-corrected chi connectivity index (χ3v) is 6.48. The Kier molecular flexibility index (Phi) is 5.00. The standard InChI is InChI=1S/C21H28BFN2O4/c1-19(2)20(3,4)29-22(28-19)17(23)16-10-21(24-11-16)13-25(14-21)18(26)27-12-15-8-6-5-7-9-15/h5-9,24H,10-14H2,1-4H3. The van der Waals surface area contributed by atoms with Crippen LogP contribution in [0.3, 0.4) is 0 Å². The van der Waals surface area contributed by atoms with Crippen molar-refractivity contribution in [2.75, 3.05) is 19.6 Å². The average Bonchev–Trinajstić information content (AvgIpc) is 3.18. The average molecular weight is 402 g/mol. The molecule has 3 saturated heterocycles. The van der Waals surface area contributed by atoms with Gasteiger partial charge in [0.2, 0.25) is 0 Å². The zero-order chi connectivity index (χ0) is 20.9. The Balaban J connectivity index is 1.31. The number of nitrogens with zero attached hydrogens (tertiary/aromatic N) is 1. The lowest BCUT2D eigenvalue weighted by Gasteiger charge is -2.47. The first-order chi connectivity index (χ1) is 13.6. The minimum absolute atomic E-state index is 0.248. The highest BCUT2D eigenvalue weighted by Crippen LogP contribution is 2.41. The Morgan fingerprint density at radius 2 is 1.79 bits per heavy atom. The molecule has 6 nitrogen and oxygen atoms in total. The summed E-state index contributed by atoms with van der Waals surface area (Å²) in [5, 5.41) is 3.37. The predicted octanol–water partition coefficient (Wildman–Crippen LogP) is 3.23. The van der Waals surface area contributed by atoms with E-state index in [0.717, 1.165) is 5.56 Å². The lowest BCUT2D eigenvalue weighted by Crippen LogP contribution is -2.68. The van der Waals surface area contributed by atoms with E-state index >= 15 is 4.39 Å². The molecule has 1 aromatic carbocycles. The Morgan fingerprint density at radius 1 is 1.17 bits per heavy atom. The summed E-state index contributed by atoms with van der Waals surface area (Å²) in [5.41, 5.74) is -0.185. The fraction of sp³-hybridized carbons (Fsp3) is 0.571. The summed E-state index contributed by atoms with van der Waals surface area (Å²) in [4.78, 5) is 13.9. The van der Waals surface area contributed by atoms with Crippen molar-refractivity contribution in [3.05, 3.63) is 47.2 Å². The van der Waals surface area contributed by atoms with Gasteiger partial charge in [0.25, 0.3) is 0 Å². The van der Waals surface area contributed by atoms with Crippen molar-refractivity contribution in [1.29, 1.82) is 0 Å². The summed E-state index contributed by atoms with van der Waals surface area (Å²) < 4.78 is 32.1. The molecule has 3 aliphatic heterocycles. The van der Waals surface area contributed by atoms with E-state index in [-0.39, 0.29) is 24.0 Å². The first-order valence-corrected chi connectivity index (χ1v) is 10.0. The maximum atomic E-state index is 15.1. The summed E-state index contributed by atoms with van der Waals surface area (Å²) in [6.45, 7) is 9.31. The van der Waals surface area contributed by atoms with E-state index in [9.17, 15) is 4.79 Å². The second-order valence-electron chi connectivity index (χ2n) is 9.25. The first-order valence-electron chi connectivity index (χ1n) is 10.0. The van der Waals surface area contributed by atoms with Gasteiger partial charge in [0.05, 0.1) is 16.7 Å². The molecule has 1 amide bonds. The van der Waals surface area contributed by atoms with Crippen molar-refractivity contribution < 1.29 is 23.2 Å². The van der Waals surface area contributed by atoms with Crippen molar-refractivity contribution in [2.45, 2.75) is 57.5 Å². The molecule has 0 radical (unpaired) electrons. The van der Waals surface area contributed by atoms with Crippen molar-refractivity contribution in [2.24, 2.45) is 0 Å². The van der Waals surface area contributed by atoms with E-state index in [4.69, 9.17) is 14.0 Å². The van der Waals surface area contributed by atoms with Crippen molar-refractivity contribution in [1.82, 2.24) is 10.2 Å². The molecule has 1 N–H and O–H groups in total. The van der Waals surface area contributed by atoms with E-state index in [1.54, 1.807) is 4.90 Å². The summed E-state index contributed by atoms with van der Waals surface area (Å²) in [6, 6.07) is 9.57. The van der Waals surface area contributed by atoms with Crippen LogP contribution in [0.4, 0.5) is 9.18 Å².